The van der Waals surface area contributed by atoms with Gasteiger partial charge in [0.15, 0.2) is 0 Å². The van der Waals surface area contributed by atoms with Crippen molar-refractivity contribution in [1.82, 2.24) is 4.98 Å². The zero-order valence-electron chi connectivity index (χ0n) is 6.07. The summed E-state index contributed by atoms with van der Waals surface area (Å²) < 4.78 is 0. The molecule has 0 aromatic carbocycles. The number of hydrogen-bond acceptors (Lipinski definition) is 4. The molecule has 1 aromatic rings. The summed E-state index contributed by atoms with van der Waals surface area (Å²) in [6.07, 6.45) is 0.635. The van der Waals surface area contributed by atoms with E-state index in [9.17, 15) is 0 Å². The van der Waals surface area contributed by atoms with E-state index in [0.717, 1.165) is 0 Å². The summed E-state index contributed by atoms with van der Waals surface area (Å²) >= 11 is 0. The van der Waals surface area contributed by atoms with E-state index in [1.165, 1.54) is 0 Å². The summed E-state index contributed by atoms with van der Waals surface area (Å²) in [5.74, 6) is 0. The maximum absolute atomic E-state index is 9.02. The minimum absolute atomic E-state index is 0.296. The van der Waals surface area contributed by atoms with Crippen molar-refractivity contribution in [3.8, 4) is 0 Å². The molecule has 1 heterocycles. The lowest BCUT2D eigenvalue weighted by atomic mass is 10.2. The first-order valence-electron chi connectivity index (χ1n) is 3.33. The number of pyridine rings is 1. The fraction of sp³-hybridized carbons (Fsp3) is 0.286. The molecule has 11 heavy (non-hydrogen) atoms. The number of aliphatic hydroxyl groups excluding tert-OH is 1. The predicted molar refractivity (Wildman–Crippen MR) is 41.3 cm³/mol. The van der Waals surface area contributed by atoms with Crippen molar-refractivity contribution in [2.45, 2.75) is 12.8 Å². The molecule has 1 aromatic heterocycles. The Morgan fingerprint density at radius 3 is 2.82 bits per heavy atom. The lowest BCUT2D eigenvalue weighted by Crippen LogP contribution is -2.14. The SMILES string of the molecule is NCc1ncccc1C(N)O. The lowest BCUT2D eigenvalue weighted by molar-refractivity contribution is 0.184. The summed E-state index contributed by atoms with van der Waals surface area (Å²) in [5.41, 5.74) is 11.8. The third-order valence-corrected chi connectivity index (χ3v) is 1.44. The van der Waals surface area contributed by atoms with Gasteiger partial charge in [-0.2, -0.15) is 0 Å². The Bertz CT molecular complexity index is 237. The molecule has 4 heteroatoms. The van der Waals surface area contributed by atoms with Crippen molar-refractivity contribution >= 4 is 0 Å². The van der Waals surface area contributed by atoms with Gasteiger partial charge in [0.1, 0.15) is 6.23 Å². The van der Waals surface area contributed by atoms with Crippen LogP contribution in [0.4, 0.5) is 0 Å². The molecule has 1 atom stereocenters. The molecule has 5 N–H and O–H groups in total. The van der Waals surface area contributed by atoms with Gasteiger partial charge in [-0.25, -0.2) is 0 Å². The highest BCUT2D eigenvalue weighted by molar-refractivity contribution is 5.21. The molecule has 0 aliphatic carbocycles. The summed E-state index contributed by atoms with van der Waals surface area (Å²) in [7, 11) is 0. The van der Waals surface area contributed by atoms with Crippen LogP contribution >= 0.6 is 0 Å². The molecule has 0 bridgehead atoms. The average Bonchev–Trinajstić information content (AvgIpc) is 2.04. The first kappa shape index (κ1) is 8.13. The number of nitrogens with two attached hydrogens (primary N) is 2. The second-order valence-corrected chi connectivity index (χ2v) is 2.19. The van der Waals surface area contributed by atoms with E-state index in [0.29, 0.717) is 17.8 Å². The first-order chi connectivity index (χ1) is 5.25. The van der Waals surface area contributed by atoms with Crippen molar-refractivity contribution in [3.63, 3.8) is 0 Å². The molecule has 0 radical (unpaired) electrons. The van der Waals surface area contributed by atoms with E-state index in [1.54, 1.807) is 18.3 Å². The lowest BCUT2D eigenvalue weighted by Gasteiger charge is -2.07. The molecule has 0 aliphatic rings. The summed E-state index contributed by atoms with van der Waals surface area (Å²) in [5, 5.41) is 9.02. The third-order valence-electron chi connectivity index (χ3n) is 1.44. The van der Waals surface area contributed by atoms with Crippen molar-refractivity contribution in [1.29, 1.82) is 0 Å². The van der Waals surface area contributed by atoms with Gasteiger partial charge in [-0.15, -0.1) is 0 Å². The number of hydrogen-bond donors (Lipinski definition) is 3. The molecule has 60 valence electrons. The fourth-order valence-electron chi connectivity index (χ4n) is 0.890. The van der Waals surface area contributed by atoms with Crippen LogP contribution in [-0.2, 0) is 6.54 Å². The van der Waals surface area contributed by atoms with Gasteiger partial charge in [-0.05, 0) is 6.07 Å². The van der Waals surface area contributed by atoms with Gasteiger partial charge in [0, 0.05) is 18.3 Å². The van der Waals surface area contributed by atoms with Crippen LogP contribution in [0.1, 0.15) is 17.5 Å². The highest BCUT2D eigenvalue weighted by Gasteiger charge is 2.05. The molecule has 0 amide bonds. The summed E-state index contributed by atoms with van der Waals surface area (Å²) in [6, 6.07) is 3.42. The monoisotopic (exact) mass is 153 g/mol. The number of nitrogens with zero attached hydrogens (tertiary/aromatic N) is 1. The van der Waals surface area contributed by atoms with Crippen LogP contribution in [0, 0.1) is 0 Å². The van der Waals surface area contributed by atoms with Crippen molar-refractivity contribution in [2.24, 2.45) is 11.5 Å². The van der Waals surface area contributed by atoms with E-state index >= 15 is 0 Å². The van der Waals surface area contributed by atoms with Crippen LogP contribution in [0.5, 0.6) is 0 Å². The Morgan fingerprint density at radius 1 is 1.64 bits per heavy atom. The molecular weight excluding hydrogens is 142 g/mol. The Hall–Kier alpha value is -0.970. The van der Waals surface area contributed by atoms with Gasteiger partial charge in [0.25, 0.3) is 0 Å². The first-order valence-corrected chi connectivity index (χ1v) is 3.33. The van der Waals surface area contributed by atoms with E-state index in [4.69, 9.17) is 16.6 Å². The fourth-order valence-corrected chi connectivity index (χ4v) is 0.890. The Balaban J connectivity index is 3.02. The largest absolute Gasteiger partial charge is 0.374 e. The smallest absolute Gasteiger partial charge is 0.130 e. The van der Waals surface area contributed by atoms with E-state index < -0.39 is 6.23 Å². The standard InChI is InChI=1S/C7H11N3O/c8-4-6-5(7(9)11)2-1-3-10-6/h1-3,7,11H,4,8-9H2. The summed E-state index contributed by atoms with van der Waals surface area (Å²) in [6.45, 7) is 0.296. The van der Waals surface area contributed by atoms with Gasteiger partial charge >= 0.3 is 0 Å². The van der Waals surface area contributed by atoms with Crippen LogP contribution in [0.3, 0.4) is 0 Å². The van der Waals surface area contributed by atoms with Crippen molar-refractivity contribution < 1.29 is 5.11 Å². The Kier molecular flexibility index (Phi) is 2.53. The Labute approximate surface area is 64.9 Å². The number of rotatable bonds is 2. The van der Waals surface area contributed by atoms with E-state index in [2.05, 4.69) is 4.98 Å². The van der Waals surface area contributed by atoms with Crippen LogP contribution < -0.4 is 11.5 Å². The molecule has 1 unspecified atom stereocenters. The van der Waals surface area contributed by atoms with Crippen molar-refractivity contribution in [3.05, 3.63) is 29.6 Å². The van der Waals surface area contributed by atoms with E-state index in [1.807, 2.05) is 0 Å². The molecular formula is C7H11N3O. The van der Waals surface area contributed by atoms with Crippen molar-refractivity contribution in [2.75, 3.05) is 0 Å². The quantitative estimate of drug-likeness (QED) is 0.499. The predicted octanol–water partition coefficient (Wildman–Crippen LogP) is -0.510. The van der Waals surface area contributed by atoms with Gasteiger partial charge in [0.2, 0.25) is 0 Å². The maximum Gasteiger partial charge on any atom is 0.130 e. The van der Waals surface area contributed by atoms with Crippen LogP contribution in [0.2, 0.25) is 0 Å². The molecule has 0 fully saturated rings. The van der Waals surface area contributed by atoms with Crippen LogP contribution in [0.15, 0.2) is 18.3 Å². The highest BCUT2D eigenvalue weighted by atomic mass is 16.3. The van der Waals surface area contributed by atoms with Gasteiger partial charge in [0.05, 0.1) is 5.69 Å². The summed E-state index contributed by atoms with van der Waals surface area (Å²) in [4.78, 5) is 3.95. The van der Waals surface area contributed by atoms with Crippen LogP contribution in [0.25, 0.3) is 0 Å². The number of aliphatic hydroxyl groups is 1. The molecule has 0 saturated carbocycles. The Morgan fingerprint density at radius 2 is 2.36 bits per heavy atom. The normalized spacial score (nSPS) is 13.0. The van der Waals surface area contributed by atoms with Gasteiger partial charge in [-0.1, -0.05) is 6.07 Å². The zero-order valence-corrected chi connectivity index (χ0v) is 6.07. The van der Waals surface area contributed by atoms with Gasteiger partial charge < -0.3 is 16.6 Å². The molecule has 0 aliphatic heterocycles. The minimum atomic E-state index is -0.984. The zero-order chi connectivity index (χ0) is 8.27. The molecule has 0 saturated heterocycles. The maximum atomic E-state index is 9.02. The van der Waals surface area contributed by atoms with Gasteiger partial charge in [-0.3, -0.25) is 4.98 Å². The minimum Gasteiger partial charge on any atom is -0.374 e. The second-order valence-electron chi connectivity index (χ2n) is 2.19. The average molecular weight is 153 g/mol. The third kappa shape index (κ3) is 1.74. The molecule has 1 rings (SSSR count). The molecule has 4 nitrogen and oxygen atoms in total. The van der Waals surface area contributed by atoms with E-state index in [-0.39, 0.29) is 0 Å². The molecule has 0 spiro atoms. The topological polar surface area (TPSA) is 85.2 Å². The highest BCUT2D eigenvalue weighted by Crippen LogP contribution is 2.09. The van der Waals surface area contributed by atoms with Crippen LogP contribution in [-0.4, -0.2) is 10.1 Å². The second kappa shape index (κ2) is 3.43. The number of aromatic nitrogens is 1.